The number of amides is 1. The van der Waals surface area contributed by atoms with Crippen LogP contribution in [0.4, 0.5) is 5.00 Å². The molecule has 0 N–H and O–H groups in total. The smallest absolute Gasteiger partial charge is 0.244 e. The van der Waals surface area contributed by atoms with Crippen LogP contribution in [0.25, 0.3) is 0 Å². The first-order valence-electron chi connectivity index (χ1n) is 4.83. The second-order valence-corrected chi connectivity index (χ2v) is 4.29. The highest BCUT2D eigenvalue weighted by molar-refractivity contribution is 7.14. The van der Waals surface area contributed by atoms with Crippen molar-refractivity contribution in [3.05, 3.63) is 17.0 Å². The molecule has 1 rings (SSSR count). The molecule has 0 aliphatic heterocycles. The fourth-order valence-electron chi connectivity index (χ4n) is 1.36. The molecule has 0 spiro atoms. The molecule has 1 heterocycles. The number of nitrogens with zero attached hydrogens (tertiary/aromatic N) is 2. The first-order chi connectivity index (χ1) is 7.11. The van der Waals surface area contributed by atoms with Gasteiger partial charge in [0.2, 0.25) is 5.91 Å². The van der Waals surface area contributed by atoms with E-state index in [-0.39, 0.29) is 5.91 Å². The number of anilines is 1. The van der Waals surface area contributed by atoms with Gasteiger partial charge in [-0.05, 0) is 30.4 Å². The Kier molecular flexibility index (Phi) is 3.87. The van der Waals surface area contributed by atoms with E-state index >= 15 is 0 Å². The molecule has 0 fully saturated rings. The summed E-state index contributed by atoms with van der Waals surface area (Å²) in [4.78, 5) is 13.4. The van der Waals surface area contributed by atoms with Crippen LogP contribution in [0, 0.1) is 24.2 Å². The molecule has 3 nitrogen and oxygen atoms in total. The molecule has 0 bridgehead atoms. The molecule has 1 amide bonds. The zero-order valence-electron chi connectivity index (χ0n) is 9.15. The largest absolute Gasteiger partial charge is 0.306 e. The van der Waals surface area contributed by atoms with E-state index in [2.05, 4.69) is 0 Å². The lowest BCUT2D eigenvalue weighted by molar-refractivity contribution is -0.120. The van der Waals surface area contributed by atoms with Gasteiger partial charge >= 0.3 is 0 Å². The van der Waals surface area contributed by atoms with E-state index in [1.54, 1.807) is 11.9 Å². The maximum absolute atomic E-state index is 11.9. The van der Waals surface area contributed by atoms with Gasteiger partial charge in [-0.25, -0.2) is 0 Å². The van der Waals surface area contributed by atoms with Crippen molar-refractivity contribution in [2.45, 2.75) is 20.3 Å². The monoisotopic (exact) mass is 222 g/mol. The highest BCUT2D eigenvalue weighted by atomic mass is 32.1. The predicted molar refractivity (Wildman–Crippen MR) is 61.9 cm³/mol. The third-order valence-electron chi connectivity index (χ3n) is 2.33. The second kappa shape index (κ2) is 4.94. The summed E-state index contributed by atoms with van der Waals surface area (Å²) < 4.78 is 0. The molecule has 4 heteroatoms. The Hall–Kier alpha value is -1.34. The van der Waals surface area contributed by atoms with E-state index in [4.69, 9.17) is 5.26 Å². The van der Waals surface area contributed by atoms with Gasteiger partial charge in [0.1, 0.15) is 10.9 Å². The summed E-state index contributed by atoms with van der Waals surface area (Å²) >= 11 is 1.52. The molecule has 0 aliphatic rings. The number of thiophene rings is 1. The number of carbonyl (C=O) groups excluding carboxylic acids is 1. The molecule has 0 radical (unpaired) electrons. The van der Waals surface area contributed by atoms with Crippen molar-refractivity contribution >= 4 is 22.2 Å². The van der Waals surface area contributed by atoms with Gasteiger partial charge in [0.05, 0.1) is 6.07 Å². The summed E-state index contributed by atoms with van der Waals surface area (Å²) in [5.74, 6) is -0.651. The van der Waals surface area contributed by atoms with Crippen LogP contribution in [-0.4, -0.2) is 13.0 Å². The van der Waals surface area contributed by atoms with Crippen molar-refractivity contribution < 1.29 is 4.79 Å². The molecule has 1 aromatic rings. The molecule has 15 heavy (non-hydrogen) atoms. The Labute approximate surface area is 93.9 Å². The van der Waals surface area contributed by atoms with Crippen LogP contribution >= 0.6 is 11.3 Å². The lowest BCUT2D eigenvalue weighted by atomic mass is 10.1. The molecule has 1 unspecified atom stereocenters. The van der Waals surface area contributed by atoms with Crippen molar-refractivity contribution in [1.82, 2.24) is 0 Å². The molecule has 0 aromatic carbocycles. The van der Waals surface area contributed by atoms with Crippen LogP contribution in [0.1, 0.15) is 18.9 Å². The summed E-state index contributed by atoms with van der Waals surface area (Å²) in [5.41, 5.74) is 1.07. The van der Waals surface area contributed by atoms with E-state index in [9.17, 15) is 4.79 Å². The predicted octanol–water partition coefficient (Wildman–Crippen LogP) is 2.57. The molecule has 80 valence electrons. The van der Waals surface area contributed by atoms with Gasteiger partial charge in [-0.3, -0.25) is 4.79 Å². The number of aryl methyl sites for hydroxylation is 1. The van der Waals surface area contributed by atoms with Crippen LogP contribution in [0.2, 0.25) is 0 Å². The molecule has 0 saturated carbocycles. The van der Waals surface area contributed by atoms with Crippen LogP contribution < -0.4 is 4.90 Å². The van der Waals surface area contributed by atoms with Gasteiger partial charge in [0, 0.05) is 7.05 Å². The van der Waals surface area contributed by atoms with Crippen LogP contribution in [0.5, 0.6) is 0 Å². The lowest BCUT2D eigenvalue weighted by Crippen LogP contribution is -2.31. The molecule has 0 aliphatic carbocycles. The fraction of sp³-hybridized carbons (Fsp3) is 0.455. The van der Waals surface area contributed by atoms with Crippen molar-refractivity contribution in [1.29, 1.82) is 5.26 Å². The lowest BCUT2D eigenvalue weighted by Gasteiger charge is -2.18. The van der Waals surface area contributed by atoms with Crippen LogP contribution in [0.15, 0.2) is 11.4 Å². The first kappa shape index (κ1) is 11.7. The fourth-order valence-corrected chi connectivity index (χ4v) is 2.27. The maximum Gasteiger partial charge on any atom is 0.244 e. The van der Waals surface area contributed by atoms with Gasteiger partial charge < -0.3 is 4.90 Å². The van der Waals surface area contributed by atoms with E-state index in [0.717, 1.165) is 10.6 Å². The van der Waals surface area contributed by atoms with E-state index in [0.29, 0.717) is 6.42 Å². The average molecular weight is 222 g/mol. The number of rotatable bonds is 3. The third-order valence-corrected chi connectivity index (χ3v) is 3.42. The molecule has 1 atom stereocenters. The van der Waals surface area contributed by atoms with Gasteiger partial charge in [-0.1, -0.05) is 6.92 Å². The number of carbonyl (C=O) groups is 1. The molecule has 1 aromatic heterocycles. The van der Waals surface area contributed by atoms with Gasteiger partial charge in [-0.2, -0.15) is 5.26 Å². The zero-order chi connectivity index (χ0) is 11.4. The van der Waals surface area contributed by atoms with Crippen molar-refractivity contribution in [3.63, 3.8) is 0 Å². The Bertz CT molecular complexity index is 392. The topological polar surface area (TPSA) is 44.1 Å². The minimum Gasteiger partial charge on any atom is -0.306 e. The highest BCUT2D eigenvalue weighted by Gasteiger charge is 2.22. The summed E-state index contributed by atoms with van der Waals surface area (Å²) in [5, 5.41) is 11.7. The van der Waals surface area contributed by atoms with Gasteiger partial charge in [0.15, 0.2) is 0 Å². The molecular weight excluding hydrogens is 208 g/mol. The third kappa shape index (κ3) is 2.37. The quantitative estimate of drug-likeness (QED) is 0.789. The summed E-state index contributed by atoms with van der Waals surface area (Å²) in [6.45, 7) is 3.81. The average Bonchev–Trinajstić information content (AvgIpc) is 2.65. The Balaban J connectivity index is 2.87. The highest BCUT2D eigenvalue weighted by Crippen LogP contribution is 2.27. The van der Waals surface area contributed by atoms with Crippen molar-refractivity contribution in [2.24, 2.45) is 5.92 Å². The summed E-state index contributed by atoms with van der Waals surface area (Å²) in [7, 11) is 1.72. The van der Waals surface area contributed by atoms with E-state index < -0.39 is 5.92 Å². The van der Waals surface area contributed by atoms with Crippen LogP contribution in [0.3, 0.4) is 0 Å². The van der Waals surface area contributed by atoms with Crippen LogP contribution in [-0.2, 0) is 4.79 Å². The van der Waals surface area contributed by atoms with Crippen molar-refractivity contribution in [3.8, 4) is 6.07 Å². The first-order valence-corrected chi connectivity index (χ1v) is 5.71. The molecular formula is C11H14N2OS. The zero-order valence-corrected chi connectivity index (χ0v) is 9.97. The van der Waals surface area contributed by atoms with E-state index in [1.807, 2.05) is 31.4 Å². The normalized spacial score (nSPS) is 11.9. The molecule has 0 saturated heterocycles. The van der Waals surface area contributed by atoms with E-state index in [1.165, 1.54) is 11.3 Å². The van der Waals surface area contributed by atoms with Crippen molar-refractivity contribution in [2.75, 3.05) is 11.9 Å². The number of nitriles is 1. The Morgan fingerprint density at radius 3 is 2.80 bits per heavy atom. The Morgan fingerprint density at radius 2 is 2.40 bits per heavy atom. The van der Waals surface area contributed by atoms with Gasteiger partial charge in [-0.15, -0.1) is 11.3 Å². The summed E-state index contributed by atoms with van der Waals surface area (Å²) in [6, 6.07) is 4.00. The minimum absolute atomic E-state index is 0.120. The Morgan fingerprint density at radius 1 is 1.73 bits per heavy atom. The number of hydrogen-bond acceptors (Lipinski definition) is 3. The summed E-state index contributed by atoms with van der Waals surface area (Å²) in [6.07, 6.45) is 0.560. The maximum atomic E-state index is 11.9. The van der Waals surface area contributed by atoms with Gasteiger partial charge in [0.25, 0.3) is 0 Å². The number of hydrogen-bond donors (Lipinski definition) is 0. The second-order valence-electron chi connectivity index (χ2n) is 3.40. The minimum atomic E-state index is -0.531. The standard InChI is InChI=1S/C11H14N2OS/c1-4-9(7-12)10(14)13(3)11-8(2)5-6-15-11/h5-6,9H,4H2,1-3H3. The SMILES string of the molecule is CCC(C#N)C(=O)N(C)c1sccc1C.